The molecule has 0 unspecified atom stereocenters. The molecule has 0 aliphatic heterocycles. The van der Waals surface area contributed by atoms with Crippen molar-refractivity contribution in [3.63, 3.8) is 0 Å². The Bertz CT molecular complexity index is 1580. The molecule has 0 N–H and O–H groups in total. The van der Waals surface area contributed by atoms with Gasteiger partial charge in [-0.05, 0) is 154 Å². The van der Waals surface area contributed by atoms with Crippen LogP contribution in [0.15, 0.2) is 36.4 Å². The summed E-state index contributed by atoms with van der Waals surface area (Å²) >= 11 is 0. The van der Waals surface area contributed by atoms with Gasteiger partial charge >= 0.3 is 63.6 Å². The van der Waals surface area contributed by atoms with Crippen LogP contribution in [0.25, 0.3) is 0 Å². The number of aromatic nitrogens is 12. The molecule has 12 nitrogen and oxygen atoms in total. The summed E-state index contributed by atoms with van der Waals surface area (Å²) in [5.41, 5.74) is 12.8. The smallest absolute Gasteiger partial charge is 0.400 e. The zero-order valence-electron chi connectivity index (χ0n) is 28.6. The first-order valence-corrected chi connectivity index (χ1v) is 15.2. The zero-order valence-corrected chi connectivity index (χ0v) is 31.0. The number of aryl methyl sites for hydroxylation is 12. The van der Waals surface area contributed by atoms with E-state index in [4.69, 9.17) is 30.6 Å². The van der Waals surface area contributed by atoms with Gasteiger partial charge < -0.3 is 27.6 Å². The fourth-order valence-corrected chi connectivity index (χ4v) is 6.53. The van der Waals surface area contributed by atoms with Crippen LogP contribution in [-0.4, -0.2) is 72.4 Å². The molecule has 45 heavy (non-hydrogen) atoms. The molecule has 0 aliphatic rings. The first kappa shape index (κ1) is 34.8. The summed E-state index contributed by atoms with van der Waals surface area (Å²) in [5, 5.41) is 28.2. The normalized spacial score (nSPS) is 11.3. The summed E-state index contributed by atoms with van der Waals surface area (Å²) in [7, 11) is -2.52. The summed E-state index contributed by atoms with van der Waals surface area (Å²) < 4.78 is 12.4. The summed E-state index contributed by atoms with van der Waals surface area (Å²) in [5.74, 6) is 0. The Labute approximate surface area is 307 Å². The van der Waals surface area contributed by atoms with Crippen molar-refractivity contribution in [3.05, 3.63) is 105 Å². The van der Waals surface area contributed by atoms with Crippen molar-refractivity contribution in [2.45, 2.75) is 83.1 Å². The molecular formula is C30H44B2EuN12. The zero-order chi connectivity index (χ0) is 32.0. The minimum atomic E-state index is -1.26. The predicted octanol–water partition coefficient (Wildman–Crippen LogP) is 3.58. The number of nitrogens with zero attached hydrogens (tertiary/aromatic N) is 12. The van der Waals surface area contributed by atoms with Gasteiger partial charge in [0.1, 0.15) is 0 Å². The molecule has 0 atom stereocenters. The van der Waals surface area contributed by atoms with Crippen LogP contribution in [0, 0.1) is 132 Å². The van der Waals surface area contributed by atoms with E-state index in [9.17, 15) is 0 Å². The van der Waals surface area contributed by atoms with Gasteiger partial charge in [-0.15, -0.1) is 0 Å². The summed E-state index contributed by atoms with van der Waals surface area (Å²) in [6.07, 6.45) is 0. The Morgan fingerprint density at radius 2 is 0.444 bits per heavy atom. The van der Waals surface area contributed by atoms with Crippen LogP contribution in [0.5, 0.6) is 0 Å². The molecule has 15 heteroatoms. The molecule has 0 saturated heterocycles. The summed E-state index contributed by atoms with van der Waals surface area (Å²) in [6, 6.07) is 12.6. The molecule has 237 valence electrons. The van der Waals surface area contributed by atoms with E-state index in [0.717, 1.165) is 68.3 Å². The van der Waals surface area contributed by atoms with Crippen molar-refractivity contribution < 1.29 is 49.4 Å². The first-order chi connectivity index (χ1) is 20.7. The molecule has 0 fully saturated rings. The first-order valence-electron chi connectivity index (χ1n) is 15.2. The maximum Gasteiger partial charge on any atom is 2.00 e. The molecule has 0 saturated carbocycles. The Morgan fingerprint density at radius 3 is 0.533 bits per heavy atom. The molecule has 0 bridgehead atoms. The van der Waals surface area contributed by atoms with E-state index in [2.05, 4.69) is 105 Å². The third kappa shape index (κ3) is 7.20. The van der Waals surface area contributed by atoms with Crippen LogP contribution in [0.1, 0.15) is 68.3 Å². The van der Waals surface area contributed by atoms with E-state index < -0.39 is 14.2 Å². The molecule has 0 amide bonds. The fourth-order valence-electron chi connectivity index (χ4n) is 6.53. The van der Waals surface area contributed by atoms with Gasteiger partial charge in [0, 0.05) is 0 Å². The van der Waals surface area contributed by atoms with Crippen LogP contribution >= 0.6 is 0 Å². The van der Waals surface area contributed by atoms with Gasteiger partial charge in [0.05, 0.1) is 34.2 Å². The van der Waals surface area contributed by atoms with Crippen molar-refractivity contribution in [1.29, 1.82) is 0 Å². The third-order valence-corrected chi connectivity index (χ3v) is 8.23. The molecule has 0 aromatic carbocycles. The van der Waals surface area contributed by atoms with Crippen molar-refractivity contribution in [3.8, 4) is 0 Å². The molecule has 6 heterocycles. The van der Waals surface area contributed by atoms with Crippen molar-refractivity contribution in [2.75, 3.05) is 0 Å². The molecule has 6 aromatic heterocycles. The van der Waals surface area contributed by atoms with Crippen LogP contribution in [0.2, 0.25) is 0 Å². The Balaban J connectivity index is 0.000000200. The van der Waals surface area contributed by atoms with Crippen LogP contribution in [0.3, 0.4) is 0 Å². The third-order valence-electron chi connectivity index (χ3n) is 8.23. The summed E-state index contributed by atoms with van der Waals surface area (Å²) in [6.45, 7) is 24.6. The van der Waals surface area contributed by atoms with Crippen LogP contribution in [-0.2, 0) is 0 Å². The van der Waals surface area contributed by atoms with Gasteiger partial charge in [-0.25, -0.2) is 30.6 Å². The molecular weight excluding hydrogens is 702 g/mol. The van der Waals surface area contributed by atoms with Crippen LogP contribution in [0.4, 0.5) is 0 Å². The second-order valence-corrected chi connectivity index (χ2v) is 12.4. The standard InChI is InChI=1S/2C15H22BN6.Eu/c2*1-10-7-13(4)20(17-10)16(21-14(5)8-11(2)18-21)22-15(6)9-12(3)19-22;/h2*7-9,16H,1-6H3;/q2*-1;+2. The average molecular weight is 746 g/mol. The Morgan fingerprint density at radius 1 is 0.311 bits per heavy atom. The van der Waals surface area contributed by atoms with E-state index >= 15 is 0 Å². The van der Waals surface area contributed by atoms with Gasteiger partial charge in [-0.3, -0.25) is 0 Å². The van der Waals surface area contributed by atoms with Gasteiger partial charge in [-0.2, -0.15) is 0 Å². The van der Waals surface area contributed by atoms with Gasteiger partial charge in [-0.1, -0.05) is 0 Å². The van der Waals surface area contributed by atoms with E-state index in [-0.39, 0.29) is 49.4 Å². The fraction of sp³-hybridized carbons (Fsp3) is 0.400. The van der Waals surface area contributed by atoms with E-state index in [1.54, 1.807) is 0 Å². The van der Waals surface area contributed by atoms with Gasteiger partial charge in [0.25, 0.3) is 0 Å². The molecule has 6 aromatic rings. The largest absolute Gasteiger partial charge is 2.00 e. The second-order valence-electron chi connectivity index (χ2n) is 12.4. The summed E-state index contributed by atoms with van der Waals surface area (Å²) in [4.78, 5) is 0. The minimum absolute atomic E-state index is 0. The SMILES string of the molecule is Cc1cc(C)n([BH-](n2nc(C)cc2C)n2nc(C)cc2C)n1.Cc1cc(C)n([BH-](n2nc(C)cc2C)n2nc(C)cc2C)n1.[Eu+2]. The molecule has 0 spiro atoms. The number of rotatable bonds is 6. The van der Waals surface area contributed by atoms with Crippen molar-refractivity contribution >= 4 is 14.2 Å². The van der Waals surface area contributed by atoms with Crippen molar-refractivity contribution in [1.82, 2.24) is 58.1 Å². The molecule has 6 rings (SSSR count). The van der Waals surface area contributed by atoms with Crippen LogP contribution < -0.4 is 0 Å². The average Bonchev–Trinajstić information content (AvgIpc) is 3.74. The Hall–Kier alpha value is -3.03. The number of hydrogen-bond donors (Lipinski definition) is 0. The Kier molecular flexibility index (Phi) is 10.7. The van der Waals surface area contributed by atoms with E-state index in [1.165, 1.54) is 0 Å². The monoisotopic (exact) mass is 747 g/mol. The van der Waals surface area contributed by atoms with Gasteiger partial charge in [0.15, 0.2) is 0 Å². The number of hydrogen-bond acceptors (Lipinski definition) is 6. The maximum atomic E-state index is 4.70. The molecule has 0 aliphatic carbocycles. The van der Waals surface area contributed by atoms with E-state index in [0.29, 0.717) is 0 Å². The quantitative estimate of drug-likeness (QED) is 0.242. The maximum absolute atomic E-state index is 4.70. The van der Waals surface area contributed by atoms with Gasteiger partial charge in [0.2, 0.25) is 0 Å². The minimum Gasteiger partial charge on any atom is -0.400 e. The predicted molar refractivity (Wildman–Crippen MR) is 177 cm³/mol. The second kappa shape index (κ2) is 13.8. The van der Waals surface area contributed by atoms with Crippen molar-refractivity contribution in [2.24, 2.45) is 0 Å². The topological polar surface area (TPSA) is 107 Å². The van der Waals surface area contributed by atoms with E-state index in [1.807, 2.05) is 41.5 Å². The molecule has 1 radical (unpaired) electrons.